The van der Waals surface area contributed by atoms with Gasteiger partial charge in [-0.25, -0.2) is 0 Å². The molecule has 0 amide bonds. The maximum Gasteiger partial charge on any atom is 0.151 e. The van der Waals surface area contributed by atoms with Gasteiger partial charge >= 0.3 is 0 Å². The first-order valence-corrected chi connectivity index (χ1v) is 6.29. The van der Waals surface area contributed by atoms with Crippen LogP contribution >= 0.6 is 12.2 Å². The summed E-state index contributed by atoms with van der Waals surface area (Å²) < 4.78 is 5.90. The van der Waals surface area contributed by atoms with Gasteiger partial charge in [-0.1, -0.05) is 36.5 Å². The third kappa shape index (κ3) is 1.87. The van der Waals surface area contributed by atoms with Gasteiger partial charge < -0.3 is 9.64 Å². The fraction of sp³-hybridized carbons (Fsp3) is 0.133. The Balaban J connectivity index is 2.14. The van der Waals surface area contributed by atoms with Gasteiger partial charge in [-0.3, -0.25) is 0 Å². The molecule has 90 valence electrons. The normalized spacial score (nSPS) is 12.4. The van der Waals surface area contributed by atoms with Gasteiger partial charge in [0, 0.05) is 4.86 Å². The third-order valence-electron chi connectivity index (χ3n) is 2.91. The molecule has 0 saturated heterocycles. The third-order valence-corrected chi connectivity index (χ3v) is 3.04. The zero-order valence-electron chi connectivity index (χ0n) is 10.1. The standard InChI is InChI=1S/C15H13NOS/c1-11(18)10-16-12-6-2-4-8-14(12)17-15-9-5-3-7-13(15)16/h2-9H,10H2,1H3. The molecule has 3 rings (SSSR count). The van der Waals surface area contributed by atoms with Gasteiger partial charge in [0.25, 0.3) is 0 Å². The lowest BCUT2D eigenvalue weighted by atomic mass is 10.1. The lowest BCUT2D eigenvalue weighted by Crippen LogP contribution is -2.25. The predicted molar refractivity (Wildman–Crippen MR) is 78.2 cm³/mol. The molecule has 0 atom stereocenters. The van der Waals surface area contributed by atoms with E-state index in [1.165, 1.54) is 0 Å². The first-order chi connectivity index (χ1) is 8.75. The topological polar surface area (TPSA) is 12.5 Å². The summed E-state index contributed by atoms with van der Waals surface area (Å²) in [5.41, 5.74) is 2.14. The predicted octanol–water partition coefficient (Wildman–Crippen LogP) is 4.32. The van der Waals surface area contributed by atoms with Gasteiger partial charge in [0.1, 0.15) is 0 Å². The van der Waals surface area contributed by atoms with Crippen molar-refractivity contribution in [3.63, 3.8) is 0 Å². The number of rotatable bonds is 2. The van der Waals surface area contributed by atoms with E-state index in [4.69, 9.17) is 17.0 Å². The highest BCUT2D eigenvalue weighted by molar-refractivity contribution is 7.80. The molecule has 0 N–H and O–H groups in total. The van der Waals surface area contributed by atoms with E-state index < -0.39 is 0 Å². The minimum absolute atomic E-state index is 0.729. The highest BCUT2D eigenvalue weighted by Crippen LogP contribution is 2.45. The number of thiocarbonyl (C=S) groups is 1. The van der Waals surface area contributed by atoms with Crippen molar-refractivity contribution in [1.82, 2.24) is 0 Å². The number of para-hydroxylation sites is 4. The second-order valence-electron chi connectivity index (χ2n) is 4.33. The molecule has 2 aromatic rings. The van der Waals surface area contributed by atoms with Crippen molar-refractivity contribution in [2.45, 2.75) is 6.92 Å². The molecule has 0 aliphatic carbocycles. The van der Waals surface area contributed by atoms with Crippen molar-refractivity contribution < 1.29 is 4.74 Å². The Hall–Kier alpha value is -1.87. The van der Waals surface area contributed by atoms with Crippen LogP contribution in [0.1, 0.15) is 6.92 Å². The van der Waals surface area contributed by atoms with Gasteiger partial charge in [0.15, 0.2) is 11.5 Å². The van der Waals surface area contributed by atoms with Gasteiger partial charge in [0.2, 0.25) is 0 Å². The van der Waals surface area contributed by atoms with Gasteiger partial charge in [-0.2, -0.15) is 0 Å². The maximum absolute atomic E-state index is 5.90. The average Bonchev–Trinajstić information content (AvgIpc) is 2.38. The zero-order valence-corrected chi connectivity index (χ0v) is 10.9. The number of benzene rings is 2. The zero-order chi connectivity index (χ0) is 12.5. The Morgan fingerprint density at radius 1 is 1.00 bits per heavy atom. The summed E-state index contributed by atoms with van der Waals surface area (Å²) in [5, 5.41) is 0. The summed E-state index contributed by atoms with van der Waals surface area (Å²) in [6.07, 6.45) is 0. The van der Waals surface area contributed by atoms with Crippen LogP contribution in [0.3, 0.4) is 0 Å². The van der Waals surface area contributed by atoms with Crippen molar-refractivity contribution in [2.24, 2.45) is 0 Å². The van der Waals surface area contributed by atoms with Gasteiger partial charge in [0.05, 0.1) is 17.9 Å². The molecule has 0 fully saturated rings. The number of hydrogen-bond donors (Lipinski definition) is 0. The SMILES string of the molecule is CC(=S)CN1c2ccccc2Oc2ccccc21. The Bertz CT molecular complexity index is 563. The Labute approximate surface area is 112 Å². The van der Waals surface area contributed by atoms with E-state index >= 15 is 0 Å². The summed E-state index contributed by atoms with van der Waals surface area (Å²) >= 11 is 5.25. The summed E-state index contributed by atoms with van der Waals surface area (Å²) in [6.45, 7) is 2.70. The monoisotopic (exact) mass is 255 g/mol. The molecule has 3 heteroatoms. The van der Waals surface area contributed by atoms with Crippen LogP contribution in [0, 0.1) is 0 Å². The first-order valence-electron chi connectivity index (χ1n) is 5.88. The molecule has 0 spiro atoms. The minimum Gasteiger partial charge on any atom is -0.453 e. The highest BCUT2D eigenvalue weighted by Gasteiger charge is 2.23. The van der Waals surface area contributed by atoms with Crippen molar-refractivity contribution in [3.05, 3.63) is 48.5 Å². The van der Waals surface area contributed by atoms with Crippen molar-refractivity contribution in [3.8, 4) is 11.5 Å². The smallest absolute Gasteiger partial charge is 0.151 e. The average molecular weight is 255 g/mol. The molecule has 0 aromatic heterocycles. The highest BCUT2D eigenvalue weighted by atomic mass is 32.1. The van der Waals surface area contributed by atoms with Crippen LogP contribution in [0.5, 0.6) is 11.5 Å². The maximum atomic E-state index is 5.90. The van der Waals surface area contributed by atoms with Crippen molar-refractivity contribution >= 4 is 28.5 Å². The van der Waals surface area contributed by atoms with E-state index in [0.717, 1.165) is 34.3 Å². The molecule has 1 aliphatic heterocycles. The van der Waals surface area contributed by atoms with Crippen molar-refractivity contribution in [1.29, 1.82) is 0 Å². The summed E-state index contributed by atoms with van der Waals surface area (Å²) in [5.74, 6) is 1.76. The molecule has 18 heavy (non-hydrogen) atoms. The Morgan fingerprint density at radius 2 is 1.50 bits per heavy atom. The van der Waals surface area contributed by atoms with Crippen LogP contribution in [0.4, 0.5) is 11.4 Å². The van der Waals surface area contributed by atoms with E-state index in [1.807, 2.05) is 43.3 Å². The minimum atomic E-state index is 0.729. The second-order valence-corrected chi connectivity index (χ2v) is 5.02. The quantitative estimate of drug-likeness (QED) is 0.741. The number of hydrogen-bond acceptors (Lipinski definition) is 3. The van der Waals surface area contributed by atoms with E-state index in [9.17, 15) is 0 Å². The largest absolute Gasteiger partial charge is 0.453 e. The molecule has 0 saturated carbocycles. The molecule has 0 bridgehead atoms. The Kier molecular flexibility index (Phi) is 2.76. The number of nitrogens with zero attached hydrogens (tertiary/aromatic N) is 1. The van der Waals surface area contributed by atoms with Crippen LogP contribution in [0.25, 0.3) is 0 Å². The van der Waals surface area contributed by atoms with Gasteiger partial charge in [-0.05, 0) is 31.2 Å². The van der Waals surface area contributed by atoms with Crippen LogP contribution < -0.4 is 9.64 Å². The summed E-state index contributed by atoms with van der Waals surface area (Å²) in [4.78, 5) is 3.16. The van der Waals surface area contributed by atoms with Crippen LogP contribution in [-0.2, 0) is 0 Å². The van der Waals surface area contributed by atoms with Crippen LogP contribution in [0.15, 0.2) is 48.5 Å². The molecule has 2 aromatic carbocycles. The second kappa shape index (κ2) is 4.42. The number of fused-ring (bicyclic) bond motifs is 2. The van der Waals surface area contributed by atoms with E-state index in [-0.39, 0.29) is 0 Å². The first kappa shape index (κ1) is 11.2. The van der Waals surface area contributed by atoms with Gasteiger partial charge in [-0.15, -0.1) is 0 Å². The molecular weight excluding hydrogens is 242 g/mol. The summed E-state index contributed by atoms with van der Waals surface area (Å²) in [6, 6.07) is 16.1. The van der Waals surface area contributed by atoms with Crippen molar-refractivity contribution in [2.75, 3.05) is 11.4 Å². The molecule has 1 heterocycles. The lowest BCUT2D eigenvalue weighted by Gasteiger charge is -2.32. The molecule has 0 radical (unpaired) electrons. The van der Waals surface area contributed by atoms with Crippen LogP contribution in [-0.4, -0.2) is 11.4 Å². The lowest BCUT2D eigenvalue weighted by molar-refractivity contribution is 0.475. The molecule has 0 unspecified atom stereocenters. The molecular formula is C15H13NOS. The fourth-order valence-electron chi connectivity index (χ4n) is 2.17. The fourth-order valence-corrected chi connectivity index (χ4v) is 2.30. The summed E-state index contributed by atoms with van der Waals surface area (Å²) in [7, 11) is 0. The number of anilines is 2. The molecule has 1 aliphatic rings. The molecule has 2 nitrogen and oxygen atoms in total. The number of ether oxygens (including phenoxy) is 1. The van der Waals surface area contributed by atoms with Crippen LogP contribution in [0.2, 0.25) is 0 Å². The van der Waals surface area contributed by atoms with E-state index in [1.54, 1.807) is 0 Å². The Morgan fingerprint density at radius 3 is 2.00 bits per heavy atom. The van der Waals surface area contributed by atoms with E-state index in [0.29, 0.717) is 0 Å². The van der Waals surface area contributed by atoms with E-state index in [2.05, 4.69) is 17.0 Å².